The van der Waals surface area contributed by atoms with Crippen molar-refractivity contribution in [1.82, 2.24) is 5.32 Å². The molecule has 88 valence electrons. The fourth-order valence-electron chi connectivity index (χ4n) is 1.10. The normalized spacial score (nSPS) is 10.2. The molecule has 0 saturated heterocycles. The van der Waals surface area contributed by atoms with E-state index in [0.717, 1.165) is 5.56 Å². The number of benzene rings is 1. The largest absolute Gasteiger partial charge is 0.441 e. The molecule has 0 fully saturated rings. The summed E-state index contributed by atoms with van der Waals surface area (Å²) in [5, 5.41) is 19.9. The number of aliphatic hydroxyl groups excluding tert-OH is 2. The van der Waals surface area contributed by atoms with Crippen LogP contribution in [-0.2, 0) is 11.3 Å². The summed E-state index contributed by atoms with van der Waals surface area (Å²) in [5.74, 6) is 0. The number of hydrogen-bond donors (Lipinski definition) is 3. The minimum atomic E-state index is -0.865. The van der Waals surface area contributed by atoms with E-state index < -0.39 is 25.4 Å². The molecule has 0 bridgehead atoms. The molecule has 0 saturated carbocycles. The predicted octanol–water partition coefficient (Wildman–Crippen LogP) is 0.266. The summed E-state index contributed by atoms with van der Waals surface area (Å²) >= 11 is 0. The highest BCUT2D eigenvalue weighted by molar-refractivity contribution is 5.67. The van der Waals surface area contributed by atoms with Crippen LogP contribution in [-0.4, -0.2) is 35.6 Å². The zero-order valence-corrected chi connectivity index (χ0v) is 8.80. The molecule has 0 heterocycles. The first kappa shape index (κ1) is 12.5. The first-order chi connectivity index (χ1) is 7.76. The number of hydrogen-bond acceptors (Lipinski definition) is 4. The van der Waals surface area contributed by atoms with Gasteiger partial charge in [0.25, 0.3) is 0 Å². The second-order valence-corrected chi connectivity index (χ2v) is 3.23. The van der Waals surface area contributed by atoms with E-state index >= 15 is 0 Å². The summed E-state index contributed by atoms with van der Waals surface area (Å²) in [6, 6.07) is 9.36. The third-order valence-electron chi connectivity index (χ3n) is 1.96. The number of carbonyl (C=O) groups is 1. The molecule has 0 spiro atoms. The van der Waals surface area contributed by atoms with Crippen LogP contribution in [0.3, 0.4) is 0 Å². The van der Waals surface area contributed by atoms with Gasteiger partial charge in [-0.15, -0.1) is 0 Å². The first-order valence-corrected chi connectivity index (χ1v) is 4.96. The highest BCUT2D eigenvalue weighted by Crippen LogP contribution is 1.98. The summed E-state index contributed by atoms with van der Waals surface area (Å²) in [5.41, 5.74) is 0.948. The summed E-state index contributed by atoms with van der Waals surface area (Å²) in [4.78, 5) is 11.2. The van der Waals surface area contributed by atoms with E-state index in [-0.39, 0.29) is 0 Å². The van der Waals surface area contributed by atoms with Crippen molar-refractivity contribution in [3.63, 3.8) is 0 Å². The number of rotatable bonds is 5. The van der Waals surface area contributed by atoms with Crippen LogP contribution < -0.4 is 5.32 Å². The molecule has 0 radical (unpaired) electrons. The van der Waals surface area contributed by atoms with Gasteiger partial charge < -0.3 is 20.3 Å². The number of alkyl carbamates (subject to hydrolysis) is 1. The maximum absolute atomic E-state index is 11.2. The molecule has 5 heteroatoms. The smallest absolute Gasteiger partial charge is 0.407 e. The van der Waals surface area contributed by atoms with Gasteiger partial charge in [0.15, 0.2) is 0 Å². The van der Waals surface area contributed by atoms with E-state index in [4.69, 9.17) is 14.9 Å². The van der Waals surface area contributed by atoms with E-state index in [2.05, 4.69) is 5.32 Å². The third kappa shape index (κ3) is 4.29. The van der Waals surface area contributed by atoms with Crippen molar-refractivity contribution in [2.24, 2.45) is 0 Å². The molecule has 5 nitrogen and oxygen atoms in total. The molecule has 16 heavy (non-hydrogen) atoms. The van der Waals surface area contributed by atoms with Gasteiger partial charge in [0, 0.05) is 6.54 Å². The van der Waals surface area contributed by atoms with Gasteiger partial charge in [-0.05, 0) is 5.56 Å². The van der Waals surface area contributed by atoms with Crippen LogP contribution in [0.1, 0.15) is 5.56 Å². The molecular formula is C11H15NO4. The van der Waals surface area contributed by atoms with E-state index in [0.29, 0.717) is 6.54 Å². The Balaban J connectivity index is 2.30. The van der Waals surface area contributed by atoms with E-state index in [1.807, 2.05) is 30.3 Å². The van der Waals surface area contributed by atoms with Crippen molar-refractivity contribution in [1.29, 1.82) is 0 Å². The Bertz CT molecular complexity index is 311. The van der Waals surface area contributed by atoms with Crippen LogP contribution in [0.4, 0.5) is 4.79 Å². The average Bonchev–Trinajstić information content (AvgIpc) is 2.34. The van der Waals surface area contributed by atoms with Gasteiger partial charge >= 0.3 is 6.09 Å². The number of amides is 1. The number of carbonyl (C=O) groups excluding carboxylic acids is 1. The van der Waals surface area contributed by atoms with E-state index in [9.17, 15) is 4.79 Å². The van der Waals surface area contributed by atoms with Crippen molar-refractivity contribution >= 4 is 6.09 Å². The SMILES string of the molecule is O=C(NCc1ccccc1)OC(CO)CO. The van der Waals surface area contributed by atoms with Crippen LogP contribution in [0.25, 0.3) is 0 Å². The Morgan fingerprint density at radius 3 is 2.44 bits per heavy atom. The van der Waals surface area contributed by atoms with Crippen LogP contribution in [0, 0.1) is 0 Å². The third-order valence-corrected chi connectivity index (χ3v) is 1.96. The molecule has 1 amide bonds. The fraction of sp³-hybridized carbons (Fsp3) is 0.364. The van der Waals surface area contributed by atoms with Crippen LogP contribution in [0.5, 0.6) is 0 Å². The average molecular weight is 225 g/mol. The lowest BCUT2D eigenvalue weighted by Gasteiger charge is -2.13. The number of ether oxygens (including phenoxy) is 1. The lowest BCUT2D eigenvalue weighted by Crippen LogP contribution is -2.32. The summed E-state index contributed by atoms with van der Waals surface area (Å²) in [6.45, 7) is -0.437. The molecular weight excluding hydrogens is 210 g/mol. The molecule has 0 aliphatic heterocycles. The van der Waals surface area contributed by atoms with Gasteiger partial charge in [0.1, 0.15) is 6.10 Å². The molecule has 1 aromatic rings. The Hall–Kier alpha value is -1.59. The van der Waals surface area contributed by atoms with Crippen LogP contribution in [0.15, 0.2) is 30.3 Å². The molecule has 0 atom stereocenters. The Labute approximate surface area is 93.7 Å². The summed E-state index contributed by atoms with van der Waals surface area (Å²) in [6.07, 6.45) is -1.52. The maximum Gasteiger partial charge on any atom is 0.407 e. The van der Waals surface area contributed by atoms with Crippen LogP contribution in [0.2, 0.25) is 0 Å². The standard InChI is InChI=1S/C11H15NO4/c13-7-10(8-14)16-11(15)12-6-9-4-2-1-3-5-9/h1-5,10,13-14H,6-8H2,(H,12,15). The molecule has 0 aliphatic carbocycles. The minimum Gasteiger partial charge on any atom is -0.441 e. The number of nitrogens with one attached hydrogen (secondary N) is 1. The Morgan fingerprint density at radius 2 is 1.88 bits per heavy atom. The van der Waals surface area contributed by atoms with Crippen molar-refractivity contribution in [3.8, 4) is 0 Å². The zero-order valence-electron chi connectivity index (χ0n) is 8.80. The van der Waals surface area contributed by atoms with Gasteiger partial charge in [-0.3, -0.25) is 0 Å². The van der Waals surface area contributed by atoms with Crippen molar-refractivity contribution in [2.45, 2.75) is 12.6 Å². The van der Waals surface area contributed by atoms with Gasteiger partial charge in [-0.1, -0.05) is 30.3 Å². The van der Waals surface area contributed by atoms with Gasteiger partial charge in [-0.2, -0.15) is 0 Å². The molecule has 3 N–H and O–H groups in total. The fourth-order valence-corrected chi connectivity index (χ4v) is 1.10. The van der Waals surface area contributed by atoms with Crippen molar-refractivity contribution in [3.05, 3.63) is 35.9 Å². The molecule has 1 aromatic carbocycles. The maximum atomic E-state index is 11.2. The lowest BCUT2D eigenvalue weighted by atomic mass is 10.2. The zero-order chi connectivity index (χ0) is 11.8. The topological polar surface area (TPSA) is 78.8 Å². The van der Waals surface area contributed by atoms with Gasteiger partial charge in [-0.25, -0.2) is 4.79 Å². The highest BCUT2D eigenvalue weighted by atomic mass is 16.6. The second-order valence-electron chi connectivity index (χ2n) is 3.23. The summed E-state index contributed by atoms with van der Waals surface area (Å²) in [7, 11) is 0. The molecule has 0 aliphatic rings. The van der Waals surface area contributed by atoms with Crippen LogP contribution >= 0.6 is 0 Å². The summed E-state index contributed by atoms with van der Waals surface area (Å²) < 4.78 is 4.72. The van der Waals surface area contributed by atoms with E-state index in [1.165, 1.54) is 0 Å². The quantitative estimate of drug-likeness (QED) is 0.672. The molecule has 0 unspecified atom stereocenters. The lowest BCUT2D eigenvalue weighted by molar-refractivity contribution is 0.0221. The van der Waals surface area contributed by atoms with Gasteiger partial charge in [0.05, 0.1) is 13.2 Å². The molecule has 0 aromatic heterocycles. The minimum absolute atomic E-state index is 0.350. The van der Waals surface area contributed by atoms with Crippen molar-refractivity contribution < 1.29 is 19.7 Å². The van der Waals surface area contributed by atoms with E-state index in [1.54, 1.807) is 0 Å². The predicted molar refractivity (Wildman–Crippen MR) is 57.7 cm³/mol. The molecule has 1 rings (SSSR count). The Kier molecular flexibility index (Phi) is 5.31. The highest BCUT2D eigenvalue weighted by Gasteiger charge is 2.11. The Morgan fingerprint density at radius 1 is 1.25 bits per heavy atom. The second kappa shape index (κ2) is 6.81. The monoisotopic (exact) mass is 225 g/mol. The number of aliphatic hydroxyl groups is 2. The first-order valence-electron chi connectivity index (χ1n) is 4.96. The van der Waals surface area contributed by atoms with Gasteiger partial charge in [0.2, 0.25) is 0 Å². The van der Waals surface area contributed by atoms with Crippen molar-refractivity contribution in [2.75, 3.05) is 13.2 Å².